The first-order chi connectivity index (χ1) is 6.15. The summed E-state index contributed by atoms with van der Waals surface area (Å²) in [5.74, 6) is 0. The van der Waals surface area contributed by atoms with Gasteiger partial charge in [0.25, 0.3) is 0 Å². The highest BCUT2D eigenvalue weighted by atomic mass is 35.5. The van der Waals surface area contributed by atoms with Crippen LogP contribution >= 0.6 is 11.6 Å². The molecule has 2 heteroatoms. The number of nitriles is 1. The van der Waals surface area contributed by atoms with Crippen molar-refractivity contribution >= 4 is 11.6 Å². The fourth-order valence-corrected chi connectivity index (χ4v) is 0.979. The first kappa shape index (κ1) is 12.0. The van der Waals surface area contributed by atoms with Crippen molar-refractivity contribution < 1.29 is 0 Å². The summed E-state index contributed by atoms with van der Waals surface area (Å²) < 4.78 is 0. The van der Waals surface area contributed by atoms with E-state index in [2.05, 4.69) is 19.9 Å². The molecule has 0 fully saturated rings. The van der Waals surface area contributed by atoms with Crippen LogP contribution in [0.2, 0.25) is 5.02 Å². The first-order valence-electron chi connectivity index (χ1n) is 4.31. The Morgan fingerprint density at radius 3 is 2.31 bits per heavy atom. The number of rotatable bonds is 0. The Hall–Kier alpha value is -1.00. The zero-order chi connectivity index (χ0) is 10.3. The van der Waals surface area contributed by atoms with Gasteiger partial charge in [0.1, 0.15) is 0 Å². The molecule has 0 N–H and O–H groups in total. The Labute approximate surface area is 85.0 Å². The molecular weight excluding hydrogens is 182 g/mol. The third-order valence-corrected chi connectivity index (χ3v) is 1.54. The zero-order valence-corrected chi connectivity index (χ0v) is 9.02. The van der Waals surface area contributed by atoms with Gasteiger partial charge < -0.3 is 0 Å². The Balaban J connectivity index is 0.000000424. The van der Waals surface area contributed by atoms with E-state index >= 15 is 0 Å². The molecule has 0 saturated carbocycles. The fourth-order valence-electron chi connectivity index (χ4n) is 0.753. The van der Waals surface area contributed by atoms with E-state index in [1.807, 2.05) is 6.92 Å². The molecule has 0 unspecified atom stereocenters. The van der Waals surface area contributed by atoms with Crippen molar-refractivity contribution in [3.8, 4) is 6.07 Å². The molecule has 1 rings (SSSR count). The summed E-state index contributed by atoms with van der Waals surface area (Å²) in [6, 6.07) is 7.28. The lowest BCUT2D eigenvalue weighted by Gasteiger charge is -1.94. The lowest BCUT2D eigenvalue weighted by Crippen LogP contribution is -1.79. The molecule has 0 heterocycles. The molecular formula is C11H14ClN. The van der Waals surface area contributed by atoms with Crippen molar-refractivity contribution in [2.75, 3.05) is 0 Å². The summed E-state index contributed by atoms with van der Waals surface area (Å²) in [4.78, 5) is 0. The molecule has 0 saturated heterocycles. The van der Waals surface area contributed by atoms with Gasteiger partial charge in [-0.05, 0) is 30.7 Å². The van der Waals surface area contributed by atoms with Crippen molar-refractivity contribution in [2.45, 2.75) is 27.2 Å². The van der Waals surface area contributed by atoms with Crippen LogP contribution in [0.3, 0.4) is 0 Å². The van der Waals surface area contributed by atoms with E-state index in [0.717, 1.165) is 5.56 Å². The SMILES string of the molecule is CCC.Cc1cc(Cl)ccc1C#N. The van der Waals surface area contributed by atoms with Crippen LogP contribution in [0, 0.1) is 18.3 Å². The van der Waals surface area contributed by atoms with Gasteiger partial charge in [-0.25, -0.2) is 0 Å². The predicted molar refractivity (Wildman–Crippen MR) is 56.9 cm³/mol. The molecule has 0 aromatic heterocycles. The predicted octanol–water partition coefficient (Wildman–Crippen LogP) is 3.94. The highest BCUT2D eigenvalue weighted by Crippen LogP contribution is 2.13. The van der Waals surface area contributed by atoms with Crippen LogP contribution in [-0.4, -0.2) is 0 Å². The molecule has 0 spiro atoms. The molecule has 1 nitrogen and oxygen atoms in total. The summed E-state index contributed by atoms with van der Waals surface area (Å²) in [6.07, 6.45) is 1.25. The van der Waals surface area contributed by atoms with Crippen molar-refractivity contribution in [3.05, 3.63) is 34.3 Å². The minimum Gasteiger partial charge on any atom is -0.192 e. The van der Waals surface area contributed by atoms with Crippen LogP contribution < -0.4 is 0 Å². The second-order valence-electron chi connectivity index (χ2n) is 2.78. The van der Waals surface area contributed by atoms with E-state index in [9.17, 15) is 0 Å². The average Bonchev–Trinajstić information content (AvgIpc) is 2.06. The maximum Gasteiger partial charge on any atom is 0.0994 e. The monoisotopic (exact) mass is 195 g/mol. The lowest BCUT2D eigenvalue weighted by atomic mass is 10.1. The molecule has 0 atom stereocenters. The number of halogens is 1. The maximum absolute atomic E-state index is 8.52. The van der Waals surface area contributed by atoms with E-state index < -0.39 is 0 Å². The van der Waals surface area contributed by atoms with Gasteiger partial charge in [0.2, 0.25) is 0 Å². The highest BCUT2D eigenvalue weighted by Gasteiger charge is 1.95. The second-order valence-corrected chi connectivity index (χ2v) is 3.21. The Bertz CT molecular complexity index is 299. The normalized spacial score (nSPS) is 8.23. The van der Waals surface area contributed by atoms with Crippen LogP contribution in [-0.2, 0) is 0 Å². The van der Waals surface area contributed by atoms with Gasteiger partial charge in [-0.1, -0.05) is 31.9 Å². The van der Waals surface area contributed by atoms with Crippen LogP contribution in [0.5, 0.6) is 0 Å². The zero-order valence-electron chi connectivity index (χ0n) is 8.26. The summed E-state index contributed by atoms with van der Waals surface area (Å²) in [7, 11) is 0. The van der Waals surface area contributed by atoms with Gasteiger partial charge in [0, 0.05) is 5.02 Å². The molecule has 70 valence electrons. The summed E-state index contributed by atoms with van der Waals surface area (Å²) >= 11 is 5.66. The molecule has 13 heavy (non-hydrogen) atoms. The molecule has 0 aliphatic rings. The topological polar surface area (TPSA) is 23.8 Å². The number of hydrogen-bond acceptors (Lipinski definition) is 1. The third-order valence-electron chi connectivity index (χ3n) is 1.31. The lowest BCUT2D eigenvalue weighted by molar-refractivity contribution is 1.09. The van der Waals surface area contributed by atoms with Gasteiger partial charge in [0.15, 0.2) is 0 Å². The number of hydrogen-bond donors (Lipinski definition) is 0. The summed E-state index contributed by atoms with van der Waals surface area (Å²) in [6.45, 7) is 6.12. The Morgan fingerprint density at radius 2 is 1.92 bits per heavy atom. The van der Waals surface area contributed by atoms with Gasteiger partial charge in [-0.3, -0.25) is 0 Å². The minimum absolute atomic E-state index is 0.677. The Morgan fingerprint density at radius 1 is 1.38 bits per heavy atom. The summed E-state index contributed by atoms with van der Waals surface area (Å²) in [5.41, 5.74) is 1.61. The van der Waals surface area contributed by atoms with E-state index in [4.69, 9.17) is 16.9 Å². The maximum atomic E-state index is 8.52. The van der Waals surface area contributed by atoms with Crippen LogP contribution in [0.1, 0.15) is 31.4 Å². The first-order valence-corrected chi connectivity index (χ1v) is 4.69. The standard InChI is InChI=1S/C8H6ClN.C3H8/c1-6-4-8(9)3-2-7(6)5-10;1-3-2/h2-4H,1H3;3H2,1-2H3. The van der Waals surface area contributed by atoms with Gasteiger partial charge in [-0.15, -0.1) is 0 Å². The molecule has 0 amide bonds. The third kappa shape index (κ3) is 4.55. The van der Waals surface area contributed by atoms with Gasteiger partial charge in [-0.2, -0.15) is 5.26 Å². The van der Waals surface area contributed by atoms with Crippen molar-refractivity contribution in [1.29, 1.82) is 5.26 Å². The second kappa shape index (κ2) is 6.51. The highest BCUT2D eigenvalue weighted by molar-refractivity contribution is 6.30. The van der Waals surface area contributed by atoms with Gasteiger partial charge in [0.05, 0.1) is 11.6 Å². The van der Waals surface area contributed by atoms with E-state index in [1.54, 1.807) is 18.2 Å². The van der Waals surface area contributed by atoms with Crippen molar-refractivity contribution in [1.82, 2.24) is 0 Å². The van der Waals surface area contributed by atoms with Crippen molar-refractivity contribution in [3.63, 3.8) is 0 Å². The van der Waals surface area contributed by atoms with Crippen LogP contribution in [0.4, 0.5) is 0 Å². The van der Waals surface area contributed by atoms with Crippen LogP contribution in [0.25, 0.3) is 0 Å². The quantitative estimate of drug-likeness (QED) is 0.615. The smallest absolute Gasteiger partial charge is 0.0994 e. The average molecular weight is 196 g/mol. The molecule has 0 aliphatic heterocycles. The molecule has 1 aromatic carbocycles. The Kier molecular flexibility index (Phi) is 6.01. The van der Waals surface area contributed by atoms with Crippen molar-refractivity contribution in [2.24, 2.45) is 0 Å². The van der Waals surface area contributed by atoms with E-state index in [-0.39, 0.29) is 0 Å². The molecule has 1 aromatic rings. The number of benzene rings is 1. The number of nitrogens with zero attached hydrogens (tertiary/aromatic N) is 1. The van der Waals surface area contributed by atoms with Crippen LogP contribution in [0.15, 0.2) is 18.2 Å². The van der Waals surface area contributed by atoms with E-state index in [0.29, 0.717) is 10.6 Å². The van der Waals surface area contributed by atoms with Gasteiger partial charge >= 0.3 is 0 Å². The molecule has 0 aliphatic carbocycles. The fraction of sp³-hybridized carbons (Fsp3) is 0.364. The minimum atomic E-state index is 0.677. The largest absolute Gasteiger partial charge is 0.192 e. The number of aryl methyl sites for hydroxylation is 1. The molecule has 0 radical (unpaired) electrons. The summed E-state index contributed by atoms with van der Waals surface area (Å²) in [5, 5.41) is 9.19. The van der Waals surface area contributed by atoms with E-state index in [1.165, 1.54) is 6.42 Å². The molecule has 0 bridgehead atoms.